The van der Waals surface area contributed by atoms with Crippen LogP contribution >= 0.6 is 32.5 Å². The lowest BCUT2D eigenvalue weighted by Crippen LogP contribution is -2.25. The molecule has 0 radical (unpaired) electrons. The molecular formula is C6H13NOS3. The largest absolute Gasteiger partial charge is 0.381 e. The van der Waals surface area contributed by atoms with E-state index in [2.05, 4.69) is 16.4 Å². The maximum absolute atomic E-state index is 5.34. The predicted octanol–water partition coefficient (Wildman–Crippen LogP) is 2.14. The van der Waals surface area contributed by atoms with Crippen molar-refractivity contribution >= 4 is 32.5 Å². The summed E-state index contributed by atoms with van der Waals surface area (Å²) in [6.07, 6.45) is 2.51. The topological polar surface area (TPSA) is 21.3 Å². The molecule has 2 nitrogen and oxygen atoms in total. The third kappa shape index (κ3) is 4.52. The molecule has 0 aromatic rings. The van der Waals surface area contributed by atoms with Crippen molar-refractivity contribution in [3.8, 4) is 0 Å². The van der Waals surface area contributed by atoms with Crippen molar-refractivity contribution in [2.24, 2.45) is 5.92 Å². The van der Waals surface area contributed by atoms with Gasteiger partial charge in [-0.15, -0.1) is 0 Å². The number of rotatable bonds is 4. The average Bonchev–Trinajstić information content (AvgIpc) is 2.07. The monoisotopic (exact) mass is 211 g/mol. The minimum absolute atomic E-state index is 0.705. The van der Waals surface area contributed by atoms with Gasteiger partial charge in [-0.3, -0.25) is 4.72 Å². The van der Waals surface area contributed by atoms with Gasteiger partial charge in [0.05, 0.1) is 6.61 Å². The second kappa shape index (κ2) is 6.48. The third-order valence-corrected chi connectivity index (χ3v) is 3.33. The zero-order valence-corrected chi connectivity index (χ0v) is 8.81. The molecule has 1 saturated heterocycles. The van der Waals surface area contributed by atoms with Crippen molar-refractivity contribution in [2.75, 3.05) is 19.8 Å². The zero-order chi connectivity index (χ0) is 7.94. The van der Waals surface area contributed by atoms with Gasteiger partial charge in [-0.25, -0.2) is 0 Å². The molecule has 0 aromatic heterocycles. The van der Waals surface area contributed by atoms with Crippen LogP contribution in [0.1, 0.15) is 12.8 Å². The Labute approximate surface area is 80.6 Å². The highest BCUT2D eigenvalue weighted by Gasteiger charge is 2.12. The van der Waals surface area contributed by atoms with Crippen molar-refractivity contribution in [1.29, 1.82) is 0 Å². The molecule has 1 rings (SSSR count). The van der Waals surface area contributed by atoms with E-state index in [0.29, 0.717) is 5.92 Å². The van der Waals surface area contributed by atoms with E-state index in [1.807, 2.05) is 0 Å². The normalized spacial score (nSPS) is 25.4. The highest BCUT2D eigenvalue weighted by molar-refractivity contribution is 9.05. The van der Waals surface area contributed by atoms with Crippen LogP contribution in [0.2, 0.25) is 0 Å². The lowest BCUT2D eigenvalue weighted by Gasteiger charge is -2.21. The van der Waals surface area contributed by atoms with E-state index in [9.17, 15) is 0 Å². The van der Waals surface area contributed by atoms with E-state index in [1.165, 1.54) is 22.7 Å². The van der Waals surface area contributed by atoms with Gasteiger partial charge in [-0.05, 0) is 39.6 Å². The minimum atomic E-state index is 0.705. The molecule has 66 valence electrons. The Morgan fingerprint density at radius 1 is 1.64 bits per heavy atom. The van der Waals surface area contributed by atoms with Crippen LogP contribution in [0.4, 0.5) is 0 Å². The SMILES string of the molecule is SSSNCC1CCCOC1. The van der Waals surface area contributed by atoms with Gasteiger partial charge >= 0.3 is 0 Å². The number of hydrogen-bond acceptors (Lipinski definition) is 5. The van der Waals surface area contributed by atoms with Crippen molar-refractivity contribution in [2.45, 2.75) is 12.8 Å². The summed E-state index contributed by atoms with van der Waals surface area (Å²) in [5.41, 5.74) is 0. The van der Waals surface area contributed by atoms with E-state index in [4.69, 9.17) is 4.74 Å². The van der Waals surface area contributed by atoms with Gasteiger partial charge < -0.3 is 4.74 Å². The molecule has 0 aliphatic carbocycles. The number of hydrogen-bond donors (Lipinski definition) is 2. The summed E-state index contributed by atoms with van der Waals surface area (Å²) in [5, 5.41) is 0. The van der Waals surface area contributed by atoms with E-state index < -0.39 is 0 Å². The van der Waals surface area contributed by atoms with Crippen molar-refractivity contribution in [3.05, 3.63) is 0 Å². The maximum atomic E-state index is 5.34. The molecule has 0 amide bonds. The van der Waals surface area contributed by atoms with Gasteiger partial charge in [0.1, 0.15) is 0 Å². The summed E-state index contributed by atoms with van der Waals surface area (Å²) >= 11 is 4.00. The Kier molecular flexibility index (Phi) is 5.92. The molecule has 1 fully saturated rings. The van der Waals surface area contributed by atoms with Crippen LogP contribution in [-0.4, -0.2) is 19.8 Å². The van der Waals surface area contributed by atoms with Crippen LogP contribution in [0.25, 0.3) is 0 Å². The van der Waals surface area contributed by atoms with Crippen molar-refractivity contribution in [1.82, 2.24) is 4.72 Å². The number of thiol groups is 1. The molecule has 11 heavy (non-hydrogen) atoms. The molecule has 5 heteroatoms. The molecule has 0 spiro atoms. The first-order valence-corrected chi connectivity index (χ1v) is 6.91. The fourth-order valence-electron chi connectivity index (χ4n) is 1.15. The van der Waals surface area contributed by atoms with E-state index in [0.717, 1.165) is 19.8 Å². The molecule has 1 unspecified atom stereocenters. The Hall–Kier alpha value is 0.970. The first-order valence-electron chi connectivity index (χ1n) is 3.71. The molecule has 1 N–H and O–H groups in total. The third-order valence-electron chi connectivity index (χ3n) is 1.72. The summed E-state index contributed by atoms with van der Waals surface area (Å²) in [7, 11) is 3.03. The summed E-state index contributed by atoms with van der Waals surface area (Å²) in [4.78, 5) is 0. The Balaban J connectivity index is 1.96. The van der Waals surface area contributed by atoms with E-state index in [1.54, 1.807) is 11.0 Å². The highest BCUT2D eigenvalue weighted by atomic mass is 33.5. The summed E-state index contributed by atoms with van der Waals surface area (Å²) in [5.74, 6) is 0.705. The zero-order valence-electron chi connectivity index (χ0n) is 6.28. The molecule has 1 heterocycles. The second-order valence-corrected chi connectivity index (χ2v) is 5.48. The van der Waals surface area contributed by atoms with Crippen LogP contribution < -0.4 is 4.72 Å². The Bertz CT molecular complexity index is 97.8. The van der Waals surface area contributed by atoms with Gasteiger partial charge in [-0.1, -0.05) is 11.7 Å². The molecule has 1 aliphatic rings. The van der Waals surface area contributed by atoms with Crippen molar-refractivity contribution < 1.29 is 4.74 Å². The standard InChI is InChI=1S/C6H13NOS3/c9-11-10-7-4-6-2-1-3-8-5-6/h6-7,9H,1-5H2. The van der Waals surface area contributed by atoms with Gasteiger partial charge in [0.2, 0.25) is 0 Å². The summed E-state index contributed by atoms with van der Waals surface area (Å²) in [6, 6.07) is 0. The average molecular weight is 211 g/mol. The molecule has 0 saturated carbocycles. The molecular weight excluding hydrogens is 198 g/mol. The van der Waals surface area contributed by atoms with Gasteiger partial charge in [0.15, 0.2) is 0 Å². The maximum Gasteiger partial charge on any atom is 0.0506 e. The predicted molar refractivity (Wildman–Crippen MR) is 55.7 cm³/mol. The Morgan fingerprint density at radius 2 is 2.55 bits per heavy atom. The van der Waals surface area contributed by atoms with E-state index in [-0.39, 0.29) is 0 Å². The van der Waals surface area contributed by atoms with Crippen molar-refractivity contribution in [3.63, 3.8) is 0 Å². The van der Waals surface area contributed by atoms with Gasteiger partial charge in [-0.2, -0.15) is 0 Å². The van der Waals surface area contributed by atoms with Crippen LogP contribution in [-0.2, 0) is 4.74 Å². The summed E-state index contributed by atoms with van der Waals surface area (Å²) in [6.45, 7) is 2.91. The minimum Gasteiger partial charge on any atom is -0.381 e. The molecule has 1 aliphatic heterocycles. The van der Waals surface area contributed by atoms with Crippen LogP contribution in [0.3, 0.4) is 0 Å². The number of nitrogens with one attached hydrogen (secondary N) is 1. The second-order valence-electron chi connectivity index (χ2n) is 2.59. The lowest BCUT2D eigenvalue weighted by molar-refractivity contribution is 0.0570. The Morgan fingerprint density at radius 3 is 3.18 bits per heavy atom. The quantitative estimate of drug-likeness (QED) is 0.321. The first kappa shape index (κ1) is 10.1. The van der Waals surface area contributed by atoms with Crippen LogP contribution in [0, 0.1) is 5.92 Å². The van der Waals surface area contributed by atoms with Gasteiger partial charge in [0.25, 0.3) is 0 Å². The molecule has 0 bridgehead atoms. The first-order chi connectivity index (χ1) is 5.43. The highest BCUT2D eigenvalue weighted by Crippen LogP contribution is 2.21. The number of ether oxygens (including phenoxy) is 1. The van der Waals surface area contributed by atoms with Gasteiger partial charge in [0, 0.05) is 13.2 Å². The molecule has 1 atom stereocenters. The summed E-state index contributed by atoms with van der Waals surface area (Å²) < 4.78 is 8.57. The molecule has 0 aromatic carbocycles. The van der Waals surface area contributed by atoms with E-state index >= 15 is 0 Å². The smallest absolute Gasteiger partial charge is 0.0506 e. The fourth-order valence-corrected chi connectivity index (χ4v) is 2.34. The van der Waals surface area contributed by atoms with Crippen LogP contribution in [0.5, 0.6) is 0 Å². The lowest BCUT2D eigenvalue weighted by atomic mass is 10.0. The fraction of sp³-hybridized carbons (Fsp3) is 1.00. The van der Waals surface area contributed by atoms with Crippen LogP contribution in [0.15, 0.2) is 0 Å².